The van der Waals surface area contributed by atoms with E-state index in [1.54, 1.807) is 35.1 Å². The van der Waals surface area contributed by atoms with Gasteiger partial charge in [-0.15, -0.1) is 0 Å². The third kappa shape index (κ3) is 3.59. The number of fused-ring (bicyclic) bond motifs is 1. The Kier molecular flexibility index (Phi) is 5.03. The van der Waals surface area contributed by atoms with Crippen LogP contribution in [-0.4, -0.2) is 25.3 Å². The molecule has 0 saturated carbocycles. The van der Waals surface area contributed by atoms with E-state index in [0.29, 0.717) is 21.5 Å². The molecule has 0 aliphatic heterocycles. The van der Waals surface area contributed by atoms with Crippen molar-refractivity contribution in [3.8, 4) is 5.69 Å². The molecule has 0 unspecified atom stereocenters. The van der Waals surface area contributed by atoms with E-state index in [2.05, 4.69) is 10.2 Å². The first-order valence-corrected chi connectivity index (χ1v) is 9.66. The number of hydrogen-bond acceptors (Lipinski definition) is 4. The molecule has 0 radical (unpaired) electrons. The van der Waals surface area contributed by atoms with Crippen molar-refractivity contribution in [2.45, 2.75) is 26.3 Å². The number of Topliss-reactive ketones (excluding diaryl/α,β-unsaturated/α-hetero) is 1. The molecule has 0 aliphatic rings. The van der Waals surface area contributed by atoms with Gasteiger partial charge in [-0.05, 0) is 42.3 Å². The van der Waals surface area contributed by atoms with Gasteiger partial charge < -0.3 is 0 Å². The average molecular weight is 407 g/mol. The lowest BCUT2D eigenvalue weighted by atomic mass is 10.1. The van der Waals surface area contributed by atoms with Crippen LogP contribution in [0.5, 0.6) is 0 Å². The number of halogens is 1. The van der Waals surface area contributed by atoms with Gasteiger partial charge in [0.25, 0.3) is 5.56 Å². The predicted molar refractivity (Wildman–Crippen MR) is 113 cm³/mol. The summed E-state index contributed by atoms with van der Waals surface area (Å²) < 4.78 is 2.84. The van der Waals surface area contributed by atoms with Crippen molar-refractivity contribution in [3.63, 3.8) is 0 Å². The van der Waals surface area contributed by atoms with Gasteiger partial charge >= 0.3 is 0 Å². The van der Waals surface area contributed by atoms with E-state index in [-0.39, 0.29) is 23.8 Å². The summed E-state index contributed by atoms with van der Waals surface area (Å²) in [6, 6.07) is 16.0. The van der Waals surface area contributed by atoms with Crippen LogP contribution in [0.4, 0.5) is 0 Å². The standard InChI is InChI=1S/C22H19ClN4O2/c1-14(2)20-18-12-24-27(17-6-4-3-5-7-17)21(18)22(29)26(25-20)13-19(28)15-8-10-16(23)11-9-15/h3-12,14H,13H2,1-2H3. The molecule has 6 nitrogen and oxygen atoms in total. The Bertz CT molecular complexity index is 1240. The zero-order chi connectivity index (χ0) is 20.5. The van der Waals surface area contributed by atoms with Crippen LogP contribution in [-0.2, 0) is 6.54 Å². The number of benzene rings is 2. The number of nitrogens with zero attached hydrogens (tertiary/aromatic N) is 4. The Balaban J connectivity index is 1.86. The third-order valence-electron chi connectivity index (χ3n) is 4.72. The van der Waals surface area contributed by atoms with Crippen molar-refractivity contribution in [2.75, 3.05) is 0 Å². The van der Waals surface area contributed by atoms with Gasteiger partial charge in [-0.25, -0.2) is 9.36 Å². The van der Waals surface area contributed by atoms with Crippen molar-refractivity contribution in [2.24, 2.45) is 0 Å². The van der Waals surface area contributed by atoms with Crippen molar-refractivity contribution < 1.29 is 4.79 Å². The lowest BCUT2D eigenvalue weighted by molar-refractivity contribution is 0.0965. The summed E-state index contributed by atoms with van der Waals surface area (Å²) in [6.07, 6.45) is 1.66. The number of carbonyl (C=O) groups is 1. The fourth-order valence-electron chi connectivity index (χ4n) is 3.25. The van der Waals surface area contributed by atoms with Crippen LogP contribution in [0.2, 0.25) is 5.02 Å². The fourth-order valence-corrected chi connectivity index (χ4v) is 3.38. The van der Waals surface area contributed by atoms with E-state index in [1.807, 2.05) is 44.2 Å². The number of carbonyl (C=O) groups excluding carboxylic acids is 1. The van der Waals surface area contributed by atoms with Gasteiger partial charge in [-0.1, -0.05) is 43.6 Å². The van der Waals surface area contributed by atoms with Crippen molar-refractivity contribution in [1.29, 1.82) is 0 Å². The van der Waals surface area contributed by atoms with Crippen LogP contribution in [0.25, 0.3) is 16.6 Å². The Morgan fingerprint density at radius 2 is 1.76 bits per heavy atom. The molecule has 0 aliphatic carbocycles. The van der Waals surface area contributed by atoms with E-state index < -0.39 is 0 Å². The van der Waals surface area contributed by atoms with Crippen molar-refractivity contribution in [1.82, 2.24) is 19.6 Å². The second-order valence-electron chi connectivity index (χ2n) is 7.09. The second kappa shape index (κ2) is 7.64. The fraction of sp³-hybridized carbons (Fsp3) is 0.182. The highest BCUT2D eigenvalue weighted by Crippen LogP contribution is 2.23. The molecule has 4 aromatic rings. The molecule has 4 rings (SSSR count). The molecule has 0 atom stereocenters. The van der Waals surface area contributed by atoms with Crippen LogP contribution in [0.3, 0.4) is 0 Å². The topological polar surface area (TPSA) is 69.8 Å². The average Bonchev–Trinajstić information content (AvgIpc) is 3.16. The molecule has 29 heavy (non-hydrogen) atoms. The predicted octanol–water partition coefficient (Wildman–Crippen LogP) is 4.24. The maximum Gasteiger partial charge on any atom is 0.293 e. The van der Waals surface area contributed by atoms with Crippen LogP contribution in [0.15, 0.2) is 65.6 Å². The Morgan fingerprint density at radius 3 is 2.41 bits per heavy atom. The van der Waals surface area contributed by atoms with Crippen molar-refractivity contribution >= 4 is 28.3 Å². The molecule has 0 bridgehead atoms. The lowest BCUT2D eigenvalue weighted by Crippen LogP contribution is -2.29. The van der Waals surface area contributed by atoms with E-state index in [4.69, 9.17) is 11.6 Å². The number of para-hydroxylation sites is 1. The van der Waals surface area contributed by atoms with E-state index in [9.17, 15) is 9.59 Å². The molecule has 0 saturated heterocycles. The van der Waals surface area contributed by atoms with Gasteiger partial charge in [0.1, 0.15) is 12.1 Å². The highest BCUT2D eigenvalue weighted by Gasteiger charge is 2.20. The molecule has 0 N–H and O–H groups in total. The maximum atomic E-state index is 13.2. The molecule has 146 valence electrons. The molecule has 0 amide bonds. The summed E-state index contributed by atoms with van der Waals surface area (Å²) in [7, 11) is 0. The minimum absolute atomic E-state index is 0.0587. The molecule has 2 heterocycles. The molecular weight excluding hydrogens is 388 g/mol. The minimum atomic E-state index is -0.354. The highest BCUT2D eigenvalue weighted by atomic mass is 35.5. The lowest BCUT2D eigenvalue weighted by Gasteiger charge is -2.12. The number of hydrogen-bond donors (Lipinski definition) is 0. The smallest absolute Gasteiger partial charge is 0.292 e. The summed E-state index contributed by atoms with van der Waals surface area (Å²) in [6.45, 7) is 3.84. The van der Waals surface area contributed by atoms with Gasteiger partial charge in [0.05, 0.1) is 17.6 Å². The van der Waals surface area contributed by atoms with Crippen LogP contribution >= 0.6 is 11.6 Å². The molecule has 0 fully saturated rings. The van der Waals surface area contributed by atoms with Gasteiger partial charge in [0.15, 0.2) is 5.78 Å². The molecule has 7 heteroatoms. The highest BCUT2D eigenvalue weighted by molar-refractivity contribution is 6.30. The molecule has 0 spiro atoms. The first-order chi connectivity index (χ1) is 14.0. The monoisotopic (exact) mass is 406 g/mol. The van der Waals surface area contributed by atoms with E-state index in [0.717, 1.165) is 11.4 Å². The molecular formula is C22H19ClN4O2. The van der Waals surface area contributed by atoms with Gasteiger partial charge in [0, 0.05) is 16.0 Å². The Labute approximate surface area is 172 Å². The minimum Gasteiger partial charge on any atom is -0.292 e. The largest absolute Gasteiger partial charge is 0.293 e. The van der Waals surface area contributed by atoms with E-state index >= 15 is 0 Å². The molecule has 2 aromatic carbocycles. The Morgan fingerprint density at radius 1 is 1.07 bits per heavy atom. The summed E-state index contributed by atoms with van der Waals surface area (Å²) in [5.74, 6) is -0.153. The summed E-state index contributed by atoms with van der Waals surface area (Å²) in [5, 5.41) is 10.2. The first-order valence-electron chi connectivity index (χ1n) is 9.28. The van der Waals surface area contributed by atoms with Crippen molar-refractivity contribution in [3.05, 3.63) is 87.4 Å². The summed E-state index contributed by atoms with van der Waals surface area (Å²) in [4.78, 5) is 26.0. The third-order valence-corrected chi connectivity index (χ3v) is 4.97. The quantitative estimate of drug-likeness (QED) is 0.465. The van der Waals surface area contributed by atoms with E-state index in [1.165, 1.54) is 4.68 Å². The number of ketones is 1. The normalized spacial score (nSPS) is 11.3. The van der Waals surface area contributed by atoms with Crippen LogP contribution in [0.1, 0.15) is 35.8 Å². The summed E-state index contributed by atoms with van der Waals surface area (Å²) in [5.41, 5.74) is 2.04. The number of rotatable bonds is 5. The second-order valence-corrected chi connectivity index (χ2v) is 7.52. The van der Waals surface area contributed by atoms with Gasteiger partial charge in [-0.2, -0.15) is 10.2 Å². The first kappa shape index (κ1) is 19.1. The van der Waals surface area contributed by atoms with Gasteiger partial charge in [-0.3, -0.25) is 9.59 Å². The summed E-state index contributed by atoms with van der Waals surface area (Å²) >= 11 is 5.90. The molecule has 2 aromatic heterocycles. The van der Waals surface area contributed by atoms with Gasteiger partial charge in [0.2, 0.25) is 0 Å². The zero-order valence-corrected chi connectivity index (χ0v) is 16.8. The SMILES string of the molecule is CC(C)c1nn(CC(=O)c2ccc(Cl)cc2)c(=O)c2c1cnn2-c1ccccc1. The van der Waals surface area contributed by atoms with Crippen LogP contribution in [0, 0.1) is 0 Å². The Hall–Kier alpha value is -3.25. The number of aromatic nitrogens is 4. The maximum absolute atomic E-state index is 13.2. The zero-order valence-electron chi connectivity index (χ0n) is 16.0. The van der Waals surface area contributed by atoms with Crippen LogP contribution < -0.4 is 5.56 Å².